The van der Waals surface area contributed by atoms with E-state index in [1.54, 1.807) is 0 Å². The molecule has 1 aromatic rings. The molecule has 0 aliphatic heterocycles. The van der Waals surface area contributed by atoms with Crippen LogP contribution in [0.1, 0.15) is 41.5 Å². The van der Waals surface area contributed by atoms with Gasteiger partial charge in [-0.2, -0.15) is 0 Å². The molecule has 0 fully saturated rings. The van der Waals surface area contributed by atoms with E-state index in [0.29, 0.717) is 35.9 Å². The molecule has 0 saturated carbocycles. The molecular weight excluding hydrogens is 264 g/mol. The molecule has 0 spiro atoms. The second-order valence-corrected chi connectivity index (χ2v) is 6.11. The molecule has 0 atom stereocenters. The fourth-order valence-corrected chi connectivity index (χ4v) is 2.38. The molecule has 2 N–H and O–H groups in total. The maximum absolute atomic E-state index is 6.10. The summed E-state index contributed by atoms with van der Waals surface area (Å²) >= 11 is 0. The summed E-state index contributed by atoms with van der Waals surface area (Å²) in [7, 11) is 0. The lowest BCUT2D eigenvalue weighted by Crippen LogP contribution is -2.39. The minimum Gasteiger partial charge on any atom is -0.490 e. The van der Waals surface area contributed by atoms with E-state index in [-0.39, 0.29) is 6.10 Å². The SMILES string of the molecule is CC(C)Oc1cccc(OCCN(C(C)C)C(C)C)c1N. The standard InChI is InChI=1S/C17H30N2O2/c1-12(2)19(13(3)4)10-11-20-15-8-7-9-16(17(15)18)21-14(5)6/h7-9,12-14H,10-11,18H2,1-6H3. The van der Waals surface area contributed by atoms with Crippen LogP contribution < -0.4 is 15.2 Å². The van der Waals surface area contributed by atoms with Gasteiger partial charge in [-0.05, 0) is 53.7 Å². The van der Waals surface area contributed by atoms with Gasteiger partial charge in [-0.3, -0.25) is 4.90 Å². The lowest BCUT2D eigenvalue weighted by atomic mass is 10.2. The summed E-state index contributed by atoms with van der Waals surface area (Å²) in [5.41, 5.74) is 6.68. The minimum absolute atomic E-state index is 0.0972. The van der Waals surface area contributed by atoms with Crippen molar-refractivity contribution in [2.75, 3.05) is 18.9 Å². The zero-order valence-corrected chi connectivity index (χ0v) is 14.2. The van der Waals surface area contributed by atoms with E-state index in [0.717, 1.165) is 6.54 Å². The quantitative estimate of drug-likeness (QED) is 0.745. The van der Waals surface area contributed by atoms with Crippen molar-refractivity contribution >= 4 is 5.69 Å². The number of para-hydroxylation sites is 1. The Morgan fingerprint density at radius 2 is 1.57 bits per heavy atom. The van der Waals surface area contributed by atoms with Gasteiger partial charge in [-0.25, -0.2) is 0 Å². The maximum atomic E-state index is 6.10. The third-order valence-corrected chi connectivity index (χ3v) is 3.32. The monoisotopic (exact) mass is 294 g/mol. The lowest BCUT2D eigenvalue weighted by molar-refractivity contribution is 0.142. The van der Waals surface area contributed by atoms with Gasteiger partial charge in [-0.1, -0.05) is 6.07 Å². The largest absolute Gasteiger partial charge is 0.490 e. The van der Waals surface area contributed by atoms with E-state index in [1.807, 2.05) is 32.0 Å². The second kappa shape index (κ2) is 8.13. The van der Waals surface area contributed by atoms with Gasteiger partial charge in [0, 0.05) is 18.6 Å². The minimum atomic E-state index is 0.0972. The van der Waals surface area contributed by atoms with Crippen LogP contribution in [0.4, 0.5) is 5.69 Å². The number of nitrogens with two attached hydrogens (primary N) is 1. The highest BCUT2D eigenvalue weighted by Gasteiger charge is 2.14. The zero-order chi connectivity index (χ0) is 16.0. The Morgan fingerprint density at radius 3 is 2.10 bits per heavy atom. The first kappa shape index (κ1) is 17.6. The first-order valence-corrected chi connectivity index (χ1v) is 7.76. The van der Waals surface area contributed by atoms with Crippen LogP contribution in [0.2, 0.25) is 0 Å². The molecule has 0 bridgehead atoms. The van der Waals surface area contributed by atoms with Gasteiger partial charge in [0.15, 0.2) is 0 Å². The van der Waals surface area contributed by atoms with Crippen LogP contribution in [-0.4, -0.2) is 36.2 Å². The predicted molar refractivity (Wildman–Crippen MR) is 89.1 cm³/mol. The highest BCUT2D eigenvalue weighted by Crippen LogP contribution is 2.31. The third kappa shape index (κ3) is 5.46. The van der Waals surface area contributed by atoms with Crippen molar-refractivity contribution in [1.82, 2.24) is 4.90 Å². The summed E-state index contributed by atoms with van der Waals surface area (Å²) in [5.74, 6) is 1.38. The number of hydrogen-bond donors (Lipinski definition) is 1. The Labute approximate surface area is 129 Å². The van der Waals surface area contributed by atoms with Gasteiger partial charge >= 0.3 is 0 Å². The first-order valence-electron chi connectivity index (χ1n) is 7.76. The third-order valence-electron chi connectivity index (χ3n) is 3.32. The zero-order valence-electron chi connectivity index (χ0n) is 14.2. The molecule has 0 heterocycles. The van der Waals surface area contributed by atoms with Crippen LogP contribution in [0.5, 0.6) is 11.5 Å². The average molecular weight is 294 g/mol. The van der Waals surface area contributed by atoms with Gasteiger partial charge < -0.3 is 15.2 Å². The van der Waals surface area contributed by atoms with Crippen LogP contribution in [0.25, 0.3) is 0 Å². The number of anilines is 1. The van der Waals surface area contributed by atoms with Crippen LogP contribution >= 0.6 is 0 Å². The van der Waals surface area contributed by atoms with Gasteiger partial charge in [0.1, 0.15) is 23.8 Å². The molecule has 4 heteroatoms. The maximum Gasteiger partial charge on any atom is 0.146 e. The van der Waals surface area contributed by atoms with Crippen LogP contribution in [0.3, 0.4) is 0 Å². The molecule has 120 valence electrons. The van der Waals surface area contributed by atoms with E-state index in [4.69, 9.17) is 15.2 Å². The number of rotatable bonds is 8. The van der Waals surface area contributed by atoms with Gasteiger partial charge in [0.25, 0.3) is 0 Å². The number of ether oxygens (including phenoxy) is 2. The molecule has 0 radical (unpaired) electrons. The summed E-state index contributed by atoms with van der Waals surface area (Å²) in [6, 6.07) is 6.67. The van der Waals surface area contributed by atoms with Crippen molar-refractivity contribution in [2.24, 2.45) is 0 Å². The highest BCUT2D eigenvalue weighted by molar-refractivity contribution is 5.62. The Bertz CT molecular complexity index is 423. The number of hydrogen-bond acceptors (Lipinski definition) is 4. The van der Waals surface area contributed by atoms with Crippen molar-refractivity contribution in [3.05, 3.63) is 18.2 Å². The van der Waals surface area contributed by atoms with Crippen molar-refractivity contribution < 1.29 is 9.47 Å². The van der Waals surface area contributed by atoms with Crippen LogP contribution in [-0.2, 0) is 0 Å². The van der Waals surface area contributed by atoms with E-state index >= 15 is 0 Å². The first-order chi connectivity index (χ1) is 9.82. The van der Waals surface area contributed by atoms with Crippen LogP contribution in [0, 0.1) is 0 Å². The number of nitrogens with zero attached hydrogens (tertiary/aromatic N) is 1. The van der Waals surface area contributed by atoms with Crippen molar-refractivity contribution in [1.29, 1.82) is 0 Å². The summed E-state index contributed by atoms with van der Waals surface area (Å²) in [6.45, 7) is 14.3. The average Bonchev–Trinajstić information content (AvgIpc) is 2.37. The summed E-state index contributed by atoms with van der Waals surface area (Å²) in [4.78, 5) is 2.39. The molecule has 4 nitrogen and oxygen atoms in total. The highest BCUT2D eigenvalue weighted by atomic mass is 16.5. The van der Waals surface area contributed by atoms with Crippen molar-refractivity contribution in [3.8, 4) is 11.5 Å². The molecule has 21 heavy (non-hydrogen) atoms. The molecule has 0 unspecified atom stereocenters. The number of benzene rings is 1. The Kier molecular flexibility index (Phi) is 6.82. The molecule has 0 aromatic heterocycles. The molecular formula is C17H30N2O2. The van der Waals surface area contributed by atoms with E-state index in [9.17, 15) is 0 Å². The molecule has 1 aromatic carbocycles. The van der Waals surface area contributed by atoms with E-state index < -0.39 is 0 Å². The van der Waals surface area contributed by atoms with Gasteiger partial charge in [0.05, 0.1) is 6.10 Å². The second-order valence-electron chi connectivity index (χ2n) is 6.11. The summed E-state index contributed by atoms with van der Waals surface area (Å²) in [5, 5.41) is 0. The lowest BCUT2D eigenvalue weighted by Gasteiger charge is -2.30. The molecule has 0 amide bonds. The van der Waals surface area contributed by atoms with E-state index in [1.165, 1.54) is 0 Å². The Morgan fingerprint density at radius 1 is 1.00 bits per heavy atom. The van der Waals surface area contributed by atoms with Gasteiger partial charge in [-0.15, -0.1) is 0 Å². The number of nitrogen functional groups attached to an aromatic ring is 1. The fraction of sp³-hybridized carbons (Fsp3) is 0.647. The smallest absolute Gasteiger partial charge is 0.146 e. The normalized spacial score (nSPS) is 11.7. The Hall–Kier alpha value is -1.42. The van der Waals surface area contributed by atoms with Gasteiger partial charge in [0.2, 0.25) is 0 Å². The summed E-state index contributed by atoms with van der Waals surface area (Å²) in [6.07, 6.45) is 0.0972. The fourth-order valence-electron chi connectivity index (χ4n) is 2.38. The molecule has 0 aliphatic carbocycles. The molecule has 0 saturated heterocycles. The van der Waals surface area contributed by atoms with E-state index in [2.05, 4.69) is 32.6 Å². The molecule has 0 aliphatic rings. The molecule has 1 rings (SSSR count). The van der Waals surface area contributed by atoms with Crippen LogP contribution in [0.15, 0.2) is 18.2 Å². The van der Waals surface area contributed by atoms with Crippen molar-refractivity contribution in [3.63, 3.8) is 0 Å². The Balaban J connectivity index is 2.63. The van der Waals surface area contributed by atoms with Crippen molar-refractivity contribution in [2.45, 2.75) is 59.7 Å². The summed E-state index contributed by atoms with van der Waals surface area (Å²) < 4.78 is 11.5. The predicted octanol–water partition coefficient (Wildman–Crippen LogP) is 3.55. The topological polar surface area (TPSA) is 47.7 Å².